The van der Waals surface area contributed by atoms with Crippen LogP contribution < -0.4 is 20.9 Å². The summed E-state index contributed by atoms with van der Waals surface area (Å²) in [5.41, 5.74) is 6.87. The Labute approximate surface area is 201 Å². The van der Waals surface area contributed by atoms with Gasteiger partial charge in [0.05, 0.1) is 18.8 Å². The van der Waals surface area contributed by atoms with Crippen LogP contribution >= 0.6 is 0 Å². The number of nitrogens with two attached hydrogens (primary N) is 1. The van der Waals surface area contributed by atoms with Gasteiger partial charge >= 0.3 is 0 Å². The number of benzene rings is 1. The summed E-state index contributed by atoms with van der Waals surface area (Å²) in [6, 6.07) is 7.01. The highest BCUT2D eigenvalue weighted by molar-refractivity contribution is 6.00. The van der Waals surface area contributed by atoms with Crippen LogP contribution in [0.5, 0.6) is 5.75 Å². The van der Waals surface area contributed by atoms with Gasteiger partial charge in [0.2, 0.25) is 0 Å². The van der Waals surface area contributed by atoms with Crippen molar-refractivity contribution in [1.82, 2.24) is 30.3 Å². The minimum absolute atomic E-state index is 0.0561. The van der Waals surface area contributed by atoms with E-state index in [1.54, 1.807) is 30.2 Å². The first-order chi connectivity index (χ1) is 16.9. The van der Waals surface area contributed by atoms with Crippen LogP contribution in [0, 0.1) is 0 Å². The van der Waals surface area contributed by atoms with Crippen LogP contribution in [0.2, 0.25) is 0 Å². The molecule has 5 rings (SSSR count). The molecule has 2 fully saturated rings. The highest BCUT2D eigenvalue weighted by Gasteiger charge is 2.31. The van der Waals surface area contributed by atoms with Gasteiger partial charge in [0.1, 0.15) is 17.7 Å². The topological polar surface area (TPSA) is 150 Å². The van der Waals surface area contributed by atoms with Gasteiger partial charge in [-0.3, -0.25) is 19.1 Å². The number of carbonyl (C=O) groups excluding carboxylic acids is 2. The fraction of sp³-hybridized carbons (Fsp3) is 0.391. The van der Waals surface area contributed by atoms with E-state index in [0.717, 1.165) is 32.1 Å². The number of anilines is 2. The summed E-state index contributed by atoms with van der Waals surface area (Å²) in [6.45, 7) is 0. The molecule has 2 saturated carbocycles. The van der Waals surface area contributed by atoms with Crippen molar-refractivity contribution in [3.05, 3.63) is 42.0 Å². The Balaban J connectivity index is 1.64. The lowest BCUT2D eigenvalue weighted by atomic mass is 9.96. The number of methoxy groups -OCH3 is 1. The zero-order valence-corrected chi connectivity index (χ0v) is 19.5. The number of para-hydroxylation sites is 1. The molecule has 3 aromatic rings. The number of hydrogen-bond donors (Lipinski definition) is 2. The van der Waals surface area contributed by atoms with Crippen molar-refractivity contribution in [3.63, 3.8) is 0 Å². The molecule has 182 valence electrons. The average Bonchev–Trinajstić information content (AvgIpc) is 3.54. The number of primary amides is 1. The largest absolute Gasteiger partial charge is 0.494 e. The minimum Gasteiger partial charge on any atom is -0.494 e. The maximum absolute atomic E-state index is 12.7. The van der Waals surface area contributed by atoms with Crippen LogP contribution in [0.1, 0.15) is 53.1 Å². The predicted octanol–water partition coefficient (Wildman–Crippen LogP) is 1.89. The lowest BCUT2D eigenvalue weighted by Gasteiger charge is -2.34. The van der Waals surface area contributed by atoms with Crippen LogP contribution in [0.25, 0.3) is 11.4 Å². The van der Waals surface area contributed by atoms with Gasteiger partial charge in [0, 0.05) is 13.1 Å². The molecule has 0 bridgehead atoms. The molecule has 0 unspecified atom stereocenters. The lowest BCUT2D eigenvalue weighted by Crippen LogP contribution is -2.34. The fourth-order valence-corrected chi connectivity index (χ4v) is 3.72. The molecule has 12 heteroatoms. The number of nitrogens with one attached hydrogen (secondary N) is 1. The van der Waals surface area contributed by atoms with E-state index in [9.17, 15) is 9.59 Å². The van der Waals surface area contributed by atoms with Crippen LogP contribution in [-0.2, 0) is 11.9 Å². The first-order valence-corrected chi connectivity index (χ1v) is 11.4. The molecular formula is C23H26N8O4. The summed E-state index contributed by atoms with van der Waals surface area (Å²) in [5.74, 6) is -0.291. The Morgan fingerprint density at radius 3 is 2.57 bits per heavy atom. The van der Waals surface area contributed by atoms with Crippen molar-refractivity contribution >= 4 is 23.2 Å². The zero-order chi connectivity index (χ0) is 24.5. The second kappa shape index (κ2) is 9.29. The van der Waals surface area contributed by atoms with Gasteiger partial charge in [-0.25, -0.2) is 10.0 Å². The molecule has 0 atom stereocenters. The number of aryl methyl sites for hydroxylation is 1. The summed E-state index contributed by atoms with van der Waals surface area (Å²) in [4.78, 5) is 35.7. The molecule has 3 N–H and O–H groups in total. The lowest BCUT2D eigenvalue weighted by molar-refractivity contribution is 0.00139. The number of rotatable bonds is 9. The molecule has 2 heterocycles. The Bertz CT molecular complexity index is 1270. The van der Waals surface area contributed by atoms with E-state index in [1.165, 1.54) is 18.2 Å². The summed E-state index contributed by atoms with van der Waals surface area (Å²) in [5, 5.41) is 16.7. The van der Waals surface area contributed by atoms with E-state index in [4.69, 9.17) is 15.3 Å². The number of ether oxygens (including phenoxy) is 1. The van der Waals surface area contributed by atoms with E-state index in [0.29, 0.717) is 22.8 Å². The molecule has 2 aromatic heterocycles. The third-order valence-electron chi connectivity index (χ3n) is 5.94. The molecule has 2 aliphatic carbocycles. The Kier molecular flexibility index (Phi) is 6.03. The Morgan fingerprint density at radius 1 is 1.17 bits per heavy atom. The van der Waals surface area contributed by atoms with Gasteiger partial charge in [-0.05, 0) is 50.3 Å². The summed E-state index contributed by atoms with van der Waals surface area (Å²) in [6.07, 6.45) is 6.07. The average molecular weight is 479 g/mol. The van der Waals surface area contributed by atoms with Crippen molar-refractivity contribution in [2.45, 2.75) is 44.2 Å². The van der Waals surface area contributed by atoms with Gasteiger partial charge in [-0.2, -0.15) is 5.10 Å². The molecule has 2 aliphatic rings. The monoisotopic (exact) mass is 478 g/mol. The highest BCUT2D eigenvalue weighted by atomic mass is 16.7. The minimum atomic E-state index is -0.801. The van der Waals surface area contributed by atoms with Crippen molar-refractivity contribution in [1.29, 1.82) is 0 Å². The summed E-state index contributed by atoms with van der Waals surface area (Å²) < 4.78 is 7.36. The normalized spacial score (nSPS) is 15.4. The molecule has 0 radical (unpaired) electrons. The molecule has 35 heavy (non-hydrogen) atoms. The Hall–Kier alpha value is -4.06. The van der Waals surface area contributed by atoms with E-state index >= 15 is 0 Å². The Morgan fingerprint density at radius 2 is 1.97 bits per heavy atom. The van der Waals surface area contributed by atoms with Crippen molar-refractivity contribution in [3.8, 4) is 17.1 Å². The highest BCUT2D eigenvalue weighted by Crippen LogP contribution is 2.42. The van der Waals surface area contributed by atoms with Crippen LogP contribution in [0.4, 0.5) is 11.4 Å². The van der Waals surface area contributed by atoms with Gasteiger partial charge < -0.3 is 15.8 Å². The smallest absolute Gasteiger partial charge is 0.272 e. The molecule has 2 amide bonds. The number of hydrogen-bond acceptors (Lipinski definition) is 9. The maximum atomic E-state index is 12.7. The summed E-state index contributed by atoms with van der Waals surface area (Å²) in [7, 11) is 3.30. The van der Waals surface area contributed by atoms with E-state index in [2.05, 4.69) is 25.6 Å². The van der Waals surface area contributed by atoms with E-state index in [1.807, 2.05) is 6.07 Å². The van der Waals surface area contributed by atoms with Crippen LogP contribution in [0.15, 0.2) is 30.6 Å². The van der Waals surface area contributed by atoms with Gasteiger partial charge in [-0.15, -0.1) is 10.2 Å². The predicted molar refractivity (Wildman–Crippen MR) is 125 cm³/mol. The van der Waals surface area contributed by atoms with Crippen molar-refractivity contribution < 1.29 is 19.2 Å². The number of amides is 2. The molecular weight excluding hydrogens is 452 g/mol. The standard InChI is InChI=1S/C23H26N8O4/c1-30-12-25-22(29-30)15-7-4-8-17(20(15)34-2)31(35-14-5-3-6-14)18-11-16(23(33)26-13-9-10-13)27-28-19(18)21(24)32/h4,7-8,11-14H,3,5-6,9-10H2,1-2H3,(H2,24,32)(H,26,33). The maximum Gasteiger partial charge on any atom is 0.272 e. The molecule has 0 spiro atoms. The number of aromatic nitrogens is 5. The van der Waals surface area contributed by atoms with Crippen LogP contribution in [0.3, 0.4) is 0 Å². The number of nitrogens with zero attached hydrogens (tertiary/aromatic N) is 6. The fourth-order valence-electron chi connectivity index (χ4n) is 3.72. The van der Waals surface area contributed by atoms with Gasteiger partial charge in [-0.1, -0.05) is 6.07 Å². The van der Waals surface area contributed by atoms with Crippen LogP contribution in [-0.4, -0.2) is 56.0 Å². The quantitative estimate of drug-likeness (QED) is 0.439. The second-order valence-electron chi connectivity index (χ2n) is 8.63. The summed E-state index contributed by atoms with van der Waals surface area (Å²) >= 11 is 0. The van der Waals surface area contributed by atoms with E-state index in [-0.39, 0.29) is 35.1 Å². The van der Waals surface area contributed by atoms with Gasteiger partial charge in [0.25, 0.3) is 11.8 Å². The van der Waals surface area contributed by atoms with Gasteiger partial charge in [0.15, 0.2) is 23.0 Å². The third-order valence-corrected chi connectivity index (χ3v) is 5.94. The SMILES string of the molecule is COc1c(-c2ncn(C)n2)cccc1N(OC1CCC1)c1cc(C(=O)NC2CC2)nnc1C(N)=O. The molecule has 0 saturated heterocycles. The van der Waals surface area contributed by atoms with Crippen molar-refractivity contribution in [2.24, 2.45) is 12.8 Å². The number of carbonyl (C=O) groups is 2. The first kappa shape index (κ1) is 22.7. The third kappa shape index (κ3) is 4.64. The zero-order valence-electron chi connectivity index (χ0n) is 19.5. The molecule has 0 aliphatic heterocycles. The molecule has 12 nitrogen and oxygen atoms in total. The van der Waals surface area contributed by atoms with E-state index < -0.39 is 5.91 Å². The first-order valence-electron chi connectivity index (χ1n) is 11.4. The molecule has 1 aromatic carbocycles. The second-order valence-corrected chi connectivity index (χ2v) is 8.63. The van der Waals surface area contributed by atoms with Crippen molar-refractivity contribution in [2.75, 3.05) is 12.2 Å².